The van der Waals surface area contributed by atoms with E-state index < -0.39 is 0 Å². The maximum Gasteiger partial charge on any atom is 0.237 e. The van der Waals surface area contributed by atoms with Gasteiger partial charge in [-0.2, -0.15) is 15.6 Å². The smallest absolute Gasteiger partial charge is 0.237 e. The molecule has 0 aliphatic rings. The second-order valence-electron chi connectivity index (χ2n) is 2.73. The van der Waals surface area contributed by atoms with Gasteiger partial charge in [0, 0.05) is 4.47 Å². The number of rotatable bonds is 2. The van der Waals surface area contributed by atoms with E-state index in [1.165, 1.54) is 0 Å². The molecule has 0 heterocycles. The Morgan fingerprint density at radius 1 is 1.40 bits per heavy atom. The first-order valence-electron chi connectivity index (χ1n) is 4.08. The van der Waals surface area contributed by atoms with Crippen molar-refractivity contribution in [1.82, 2.24) is 0 Å². The van der Waals surface area contributed by atoms with Crippen LogP contribution in [0.3, 0.4) is 0 Å². The van der Waals surface area contributed by atoms with Crippen LogP contribution in [-0.2, 0) is 0 Å². The number of nitrogens with zero attached hydrogens (tertiary/aromatic N) is 3. The lowest BCUT2D eigenvalue weighted by Crippen LogP contribution is -1.97. The van der Waals surface area contributed by atoms with E-state index in [0.717, 1.165) is 15.7 Å². The molecule has 0 aliphatic heterocycles. The maximum atomic E-state index is 8.47. The number of hydrazone groups is 1. The van der Waals surface area contributed by atoms with Crippen molar-refractivity contribution >= 4 is 27.3 Å². The number of nitrogens with one attached hydrogen (secondary N) is 1. The zero-order chi connectivity index (χ0) is 11.3. The van der Waals surface area contributed by atoms with Crippen molar-refractivity contribution in [3.8, 4) is 12.1 Å². The molecule has 1 aromatic carbocycles. The Hall–Kier alpha value is -1.85. The highest BCUT2D eigenvalue weighted by atomic mass is 79.9. The quantitative estimate of drug-likeness (QED) is 0.658. The number of nitriles is 2. The minimum Gasteiger partial charge on any atom is -0.275 e. The van der Waals surface area contributed by atoms with E-state index in [-0.39, 0.29) is 5.71 Å². The molecule has 0 spiro atoms. The standard InChI is InChI=1S/C10H7BrN4/c1-7-3-2-4-9(10(7)11)15-14-8(5-12)6-13/h2-4,15H,1H3. The summed E-state index contributed by atoms with van der Waals surface area (Å²) in [5, 5.41) is 20.6. The van der Waals surface area contributed by atoms with Crippen molar-refractivity contribution in [2.24, 2.45) is 5.10 Å². The Balaban J connectivity index is 2.93. The minimum atomic E-state index is -0.205. The van der Waals surface area contributed by atoms with Gasteiger partial charge in [-0.1, -0.05) is 12.1 Å². The van der Waals surface area contributed by atoms with Gasteiger partial charge in [-0.05, 0) is 34.5 Å². The second-order valence-corrected chi connectivity index (χ2v) is 3.53. The van der Waals surface area contributed by atoms with Crippen molar-refractivity contribution in [2.75, 3.05) is 5.43 Å². The summed E-state index contributed by atoms with van der Waals surface area (Å²) >= 11 is 3.38. The molecule has 0 fully saturated rings. The van der Waals surface area contributed by atoms with E-state index in [0.29, 0.717) is 0 Å². The van der Waals surface area contributed by atoms with Gasteiger partial charge in [0.05, 0.1) is 5.69 Å². The van der Waals surface area contributed by atoms with Crippen molar-refractivity contribution in [2.45, 2.75) is 6.92 Å². The fourth-order valence-electron chi connectivity index (χ4n) is 0.925. The third-order valence-corrected chi connectivity index (χ3v) is 2.74. The van der Waals surface area contributed by atoms with Crippen LogP contribution < -0.4 is 5.43 Å². The molecule has 1 aromatic rings. The molecule has 5 heteroatoms. The molecule has 0 saturated heterocycles. The van der Waals surface area contributed by atoms with Gasteiger partial charge in [0.2, 0.25) is 5.71 Å². The SMILES string of the molecule is Cc1cccc(NN=C(C#N)C#N)c1Br. The van der Waals surface area contributed by atoms with Crippen LogP contribution in [0.15, 0.2) is 27.8 Å². The van der Waals surface area contributed by atoms with Gasteiger partial charge in [0.15, 0.2) is 0 Å². The third-order valence-electron chi connectivity index (χ3n) is 1.69. The highest BCUT2D eigenvalue weighted by Gasteiger charge is 2.01. The Morgan fingerprint density at radius 2 is 2.07 bits per heavy atom. The lowest BCUT2D eigenvalue weighted by atomic mass is 10.2. The lowest BCUT2D eigenvalue weighted by Gasteiger charge is -2.04. The largest absolute Gasteiger partial charge is 0.275 e. The zero-order valence-corrected chi connectivity index (χ0v) is 9.54. The minimum absolute atomic E-state index is 0.205. The van der Waals surface area contributed by atoms with Crippen molar-refractivity contribution in [3.05, 3.63) is 28.2 Å². The summed E-state index contributed by atoms with van der Waals surface area (Å²) in [4.78, 5) is 0. The van der Waals surface area contributed by atoms with E-state index >= 15 is 0 Å². The molecule has 0 amide bonds. The number of aryl methyl sites for hydroxylation is 1. The van der Waals surface area contributed by atoms with Crippen LogP contribution in [0.2, 0.25) is 0 Å². The molecule has 0 radical (unpaired) electrons. The molecule has 1 N–H and O–H groups in total. The lowest BCUT2D eigenvalue weighted by molar-refractivity contribution is 1.30. The average Bonchev–Trinajstić information content (AvgIpc) is 2.25. The Kier molecular flexibility index (Phi) is 3.84. The van der Waals surface area contributed by atoms with Gasteiger partial charge in [-0.15, -0.1) is 0 Å². The second kappa shape index (κ2) is 5.14. The maximum absolute atomic E-state index is 8.47. The van der Waals surface area contributed by atoms with Crippen LogP contribution in [0.25, 0.3) is 0 Å². The predicted molar refractivity (Wildman–Crippen MR) is 61.2 cm³/mol. The summed E-state index contributed by atoms with van der Waals surface area (Å²) < 4.78 is 0.865. The van der Waals surface area contributed by atoms with E-state index in [4.69, 9.17) is 10.5 Å². The summed E-state index contributed by atoms with van der Waals surface area (Å²) in [5.41, 5.74) is 4.21. The van der Waals surface area contributed by atoms with E-state index in [2.05, 4.69) is 26.5 Å². The molecule has 1 rings (SSSR count). The molecule has 0 aliphatic carbocycles. The summed E-state index contributed by atoms with van der Waals surface area (Å²) in [6.45, 7) is 1.94. The fraction of sp³-hybridized carbons (Fsp3) is 0.100. The van der Waals surface area contributed by atoms with Gasteiger partial charge in [-0.3, -0.25) is 5.43 Å². The predicted octanol–water partition coefficient (Wildman–Crippen LogP) is 2.57. The summed E-state index contributed by atoms with van der Waals surface area (Å²) in [6, 6.07) is 8.93. The molecular weight excluding hydrogens is 256 g/mol. The summed E-state index contributed by atoms with van der Waals surface area (Å²) in [5.74, 6) is 0. The molecule has 4 nitrogen and oxygen atoms in total. The molecular formula is C10H7BrN4. The molecule has 0 aromatic heterocycles. The fourth-order valence-corrected chi connectivity index (χ4v) is 1.28. The summed E-state index contributed by atoms with van der Waals surface area (Å²) in [7, 11) is 0. The van der Waals surface area contributed by atoms with Gasteiger partial charge < -0.3 is 0 Å². The number of benzene rings is 1. The topological polar surface area (TPSA) is 72.0 Å². The molecule has 0 bridgehead atoms. The Bertz CT molecular complexity index is 463. The van der Waals surface area contributed by atoms with Crippen LogP contribution in [0.5, 0.6) is 0 Å². The Morgan fingerprint density at radius 3 is 2.67 bits per heavy atom. The van der Waals surface area contributed by atoms with Crippen LogP contribution in [0.4, 0.5) is 5.69 Å². The van der Waals surface area contributed by atoms with E-state index in [1.54, 1.807) is 18.2 Å². The van der Waals surface area contributed by atoms with E-state index in [9.17, 15) is 0 Å². The zero-order valence-electron chi connectivity index (χ0n) is 7.95. The average molecular weight is 263 g/mol. The van der Waals surface area contributed by atoms with Crippen molar-refractivity contribution < 1.29 is 0 Å². The first-order valence-corrected chi connectivity index (χ1v) is 4.87. The van der Waals surface area contributed by atoms with Crippen molar-refractivity contribution in [3.63, 3.8) is 0 Å². The third kappa shape index (κ3) is 2.80. The number of hydrogen-bond acceptors (Lipinski definition) is 4. The first kappa shape index (κ1) is 11.2. The van der Waals surface area contributed by atoms with Crippen LogP contribution in [0.1, 0.15) is 5.56 Å². The molecule has 0 atom stereocenters. The number of anilines is 1. The molecule has 0 saturated carbocycles. The normalized spacial score (nSPS) is 8.53. The Labute approximate surface area is 96.0 Å². The molecule has 15 heavy (non-hydrogen) atoms. The van der Waals surface area contributed by atoms with Gasteiger partial charge in [0.25, 0.3) is 0 Å². The monoisotopic (exact) mass is 262 g/mol. The van der Waals surface area contributed by atoms with Gasteiger partial charge in [-0.25, -0.2) is 0 Å². The first-order chi connectivity index (χ1) is 7.19. The molecule has 0 unspecified atom stereocenters. The van der Waals surface area contributed by atoms with Crippen LogP contribution >= 0.6 is 15.9 Å². The van der Waals surface area contributed by atoms with Crippen LogP contribution in [-0.4, -0.2) is 5.71 Å². The highest BCUT2D eigenvalue weighted by molar-refractivity contribution is 9.10. The van der Waals surface area contributed by atoms with Gasteiger partial charge in [0.1, 0.15) is 12.1 Å². The highest BCUT2D eigenvalue weighted by Crippen LogP contribution is 2.25. The number of halogens is 1. The number of hydrogen-bond donors (Lipinski definition) is 1. The molecule has 74 valence electrons. The van der Waals surface area contributed by atoms with Crippen molar-refractivity contribution in [1.29, 1.82) is 10.5 Å². The van der Waals surface area contributed by atoms with Crippen LogP contribution in [0, 0.1) is 29.6 Å². The van der Waals surface area contributed by atoms with Gasteiger partial charge >= 0.3 is 0 Å². The van der Waals surface area contributed by atoms with E-state index in [1.807, 2.05) is 19.1 Å². The summed E-state index contributed by atoms with van der Waals surface area (Å²) in [6.07, 6.45) is 0.